The number of β-amino-alcohol motifs (C(OH)–C–C–N with tert-alkyl or cyclic N) is 1. The van der Waals surface area contributed by atoms with E-state index in [-0.39, 0.29) is 6.61 Å². The molecule has 4 N–H and O–H groups in total. The number of hydrogen-bond acceptors (Lipinski definition) is 5. The van der Waals surface area contributed by atoms with Crippen molar-refractivity contribution in [2.24, 2.45) is 0 Å². The number of unbranched alkanes of at least 4 members (excludes halogenated alkanes) is 1. The lowest BCUT2D eigenvalue weighted by atomic mass is 9.94. The number of piperidine rings is 1. The Morgan fingerprint density at radius 3 is 2.40 bits per heavy atom. The summed E-state index contributed by atoms with van der Waals surface area (Å²) in [6, 6.07) is -0.463. The molecule has 1 saturated heterocycles. The van der Waals surface area contributed by atoms with Gasteiger partial charge in [0.1, 0.15) is 12.2 Å². The Kier molecular flexibility index (Phi) is 4.95. The highest BCUT2D eigenvalue weighted by Crippen LogP contribution is 2.19. The van der Waals surface area contributed by atoms with E-state index in [0.29, 0.717) is 6.54 Å². The Morgan fingerprint density at radius 2 is 1.87 bits per heavy atom. The highest BCUT2D eigenvalue weighted by molar-refractivity contribution is 4.93. The van der Waals surface area contributed by atoms with Gasteiger partial charge in [0.05, 0.1) is 18.8 Å². The highest BCUT2D eigenvalue weighted by Gasteiger charge is 2.40. The van der Waals surface area contributed by atoms with Crippen LogP contribution in [0.2, 0.25) is 0 Å². The molecule has 5 heteroatoms. The zero-order chi connectivity index (χ0) is 11.4. The Bertz CT molecular complexity index is 190. The Hall–Kier alpha value is -0.200. The zero-order valence-corrected chi connectivity index (χ0v) is 9.08. The second kappa shape index (κ2) is 5.77. The summed E-state index contributed by atoms with van der Waals surface area (Å²) < 4.78 is 0. The van der Waals surface area contributed by atoms with Crippen LogP contribution in [0.25, 0.3) is 0 Å². The molecule has 5 nitrogen and oxygen atoms in total. The second-order valence-electron chi connectivity index (χ2n) is 4.15. The van der Waals surface area contributed by atoms with E-state index in [1.165, 1.54) is 0 Å². The minimum Gasteiger partial charge on any atom is -0.395 e. The standard InChI is InChI=1S/C10H21NO4/c1-2-3-4-11-5-8(13)10(15)9(14)7(11)6-12/h7-10,12-15H,2-6H2,1H3/t7-,8?,9?,10?/m0/s1. The molecule has 0 saturated carbocycles. The second-order valence-corrected chi connectivity index (χ2v) is 4.15. The van der Waals surface area contributed by atoms with Gasteiger partial charge in [-0.3, -0.25) is 4.90 Å². The van der Waals surface area contributed by atoms with Crippen molar-refractivity contribution in [3.05, 3.63) is 0 Å². The van der Waals surface area contributed by atoms with Gasteiger partial charge in [-0.15, -0.1) is 0 Å². The fourth-order valence-electron chi connectivity index (χ4n) is 2.00. The molecule has 0 aromatic heterocycles. The van der Waals surface area contributed by atoms with E-state index < -0.39 is 24.4 Å². The van der Waals surface area contributed by atoms with Gasteiger partial charge in [-0.1, -0.05) is 13.3 Å². The molecule has 0 aromatic rings. The van der Waals surface area contributed by atoms with Crippen molar-refractivity contribution in [3.63, 3.8) is 0 Å². The van der Waals surface area contributed by atoms with Crippen molar-refractivity contribution in [2.45, 2.75) is 44.1 Å². The van der Waals surface area contributed by atoms with Gasteiger partial charge in [-0.05, 0) is 13.0 Å². The molecule has 1 heterocycles. The summed E-state index contributed by atoms with van der Waals surface area (Å²) in [6.45, 7) is 2.89. The number of aliphatic hydroxyl groups excluding tert-OH is 4. The molecule has 0 amide bonds. The van der Waals surface area contributed by atoms with Crippen molar-refractivity contribution in [1.82, 2.24) is 4.90 Å². The normalized spacial score (nSPS) is 38.2. The Balaban J connectivity index is 2.60. The van der Waals surface area contributed by atoms with Crippen LogP contribution in [-0.4, -0.2) is 69.4 Å². The van der Waals surface area contributed by atoms with Crippen LogP contribution in [0, 0.1) is 0 Å². The van der Waals surface area contributed by atoms with Crippen molar-refractivity contribution < 1.29 is 20.4 Å². The first kappa shape index (κ1) is 12.9. The molecule has 90 valence electrons. The van der Waals surface area contributed by atoms with E-state index in [0.717, 1.165) is 19.4 Å². The number of nitrogens with zero attached hydrogens (tertiary/aromatic N) is 1. The monoisotopic (exact) mass is 219 g/mol. The van der Waals surface area contributed by atoms with Crippen molar-refractivity contribution in [3.8, 4) is 0 Å². The molecule has 1 fully saturated rings. The van der Waals surface area contributed by atoms with Crippen molar-refractivity contribution >= 4 is 0 Å². The first-order chi connectivity index (χ1) is 7.11. The van der Waals surface area contributed by atoms with Crippen LogP contribution >= 0.6 is 0 Å². The Morgan fingerprint density at radius 1 is 1.20 bits per heavy atom. The van der Waals surface area contributed by atoms with Gasteiger partial charge in [-0.25, -0.2) is 0 Å². The zero-order valence-electron chi connectivity index (χ0n) is 9.08. The lowest BCUT2D eigenvalue weighted by molar-refractivity contribution is -0.145. The Labute approximate surface area is 90.0 Å². The highest BCUT2D eigenvalue weighted by atomic mass is 16.4. The fraction of sp³-hybridized carbons (Fsp3) is 1.00. The molecule has 0 aliphatic carbocycles. The van der Waals surface area contributed by atoms with Gasteiger partial charge >= 0.3 is 0 Å². The van der Waals surface area contributed by atoms with Crippen LogP contribution in [-0.2, 0) is 0 Å². The molecule has 1 aliphatic rings. The molecule has 0 spiro atoms. The van der Waals surface area contributed by atoms with Gasteiger partial charge in [0.2, 0.25) is 0 Å². The summed E-state index contributed by atoms with van der Waals surface area (Å²) in [4.78, 5) is 1.84. The molecular weight excluding hydrogens is 198 g/mol. The van der Waals surface area contributed by atoms with Gasteiger partial charge in [0.25, 0.3) is 0 Å². The van der Waals surface area contributed by atoms with E-state index in [1.807, 2.05) is 4.90 Å². The van der Waals surface area contributed by atoms with Crippen LogP contribution in [0.15, 0.2) is 0 Å². The number of likely N-dealkylation sites (tertiary alicyclic amines) is 1. The van der Waals surface area contributed by atoms with E-state index in [1.54, 1.807) is 0 Å². The van der Waals surface area contributed by atoms with Crippen molar-refractivity contribution in [1.29, 1.82) is 0 Å². The van der Waals surface area contributed by atoms with Crippen LogP contribution in [0.3, 0.4) is 0 Å². The lowest BCUT2D eigenvalue weighted by Crippen LogP contribution is -2.62. The predicted octanol–water partition coefficient (Wildman–Crippen LogP) is -1.45. The molecule has 0 bridgehead atoms. The SMILES string of the molecule is CCCCN1CC(O)C(O)C(O)[C@@H]1CO. The summed E-state index contributed by atoms with van der Waals surface area (Å²) in [6.07, 6.45) is -1.19. The van der Waals surface area contributed by atoms with Crippen LogP contribution < -0.4 is 0 Å². The molecule has 0 radical (unpaired) electrons. The summed E-state index contributed by atoms with van der Waals surface area (Å²) in [5.41, 5.74) is 0. The quantitative estimate of drug-likeness (QED) is 0.465. The number of rotatable bonds is 4. The van der Waals surface area contributed by atoms with E-state index in [9.17, 15) is 15.3 Å². The van der Waals surface area contributed by atoms with E-state index in [2.05, 4.69) is 6.92 Å². The maximum Gasteiger partial charge on any atom is 0.109 e. The minimum absolute atomic E-state index is 0.200. The van der Waals surface area contributed by atoms with Crippen LogP contribution in [0.1, 0.15) is 19.8 Å². The topological polar surface area (TPSA) is 84.2 Å². The molecule has 0 aromatic carbocycles. The van der Waals surface area contributed by atoms with Crippen LogP contribution in [0.5, 0.6) is 0 Å². The molecule has 1 aliphatic heterocycles. The first-order valence-electron chi connectivity index (χ1n) is 5.51. The third-order valence-corrected chi connectivity index (χ3v) is 3.01. The lowest BCUT2D eigenvalue weighted by Gasteiger charge is -2.43. The van der Waals surface area contributed by atoms with Gasteiger partial charge in [-0.2, -0.15) is 0 Å². The molecule has 4 atom stereocenters. The van der Waals surface area contributed by atoms with Crippen molar-refractivity contribution in [2.75, 3.05) is 19.7 Å². The van der Waals surface area contributed by atoms with Crippen LogP contribution in [0.4, 0.5) is 0 Å². The third-order valence-electron chi connectivity index (χ3n) is 3.01. The molecule has 1 rings (SSSR count). The summed E-state index contributed by atoms with van der Waals surface area (Å²) in [7, 11) is 0. The van der Waals surface area contributed by atoms with E-state index >= 15 is 0 Å². The van der Waals surface area contributed by atoms with E-state index in [4.69, 9.17) is 5.11 Å². The average Bonchev–Trinajstić information content (AvgIpc) is 2.23. The van der Waals surface area contributed by atoms with Gasteiger partial charge in [0.15, 0.2) is 0 Å². The summed E-state index contributed by atoms with van der Waals surface area (Å²) in [5.74, 6) is 0. The number of aliphatic hydroxyl groups is 4. The van der Waals surface area contributed by atoms with Gasteiger partial charge < -0.3 is 20.4 Å². The predicted molar refractivity (Wildman–Crippen MR) is 55.4 cm³/mol. The number of hydrogen-bond donors (Lipinski definition) is 4. The summed E-state index contributed by atoms with van der Waals surface area (Å²) >= 11 is 0. The summed E-state index contributed by atoms with van der Waals surface area (Å²) in [5, 5.41) is 37.8. The first-order valence-corrected chi connectivity index (χ1v) is 5.51. The third kappa shape index (κ3) is 2.89. The molecule has 3 unspecified atom stereocenters. The van der Waals surface area contributed by atoms with Gasteiger partial charge in [0, 0.05) is 6.54 Å². The fourth-order valence-corrected chi connectivity index (χ4v) is 2.00. The maximum atomic E-state index is 9.67. The molecular formula is C10H21NO4. The largest absolute Gasteiger partial charge is 0.395 e. The minimum atomic E-state index is -1.15. The maximum absolute atomic E-state index is 9.67. The molecule has 15 heavy (non-hydrogen) atoms. The smallest absolute Gasteiger partial charge is 0.109 e. The average molecular weight is 219 g/mol.